The van der Waals surface area contributed by atoms with E-state index in [0.29, 0.717) is 5.92 Å². The van der Waals surface area contributed by atoms with Gasteiger partial charge in [0.1, 0.15) is 5.60 Å². The summed E-state index contributed by atoms with van der Waals surface area (Å²) in [6.45, 7) is 8.86. The molecule has 5 nitrogen and oxygen atoms in total. The second-order valence-corrected chi connectivity index (χ2v) is 6.20. The molecule has 0 saturated carbocycles. The van der Waals surface area contributed by atoms with Gasteiger partial charge in [0.05, 0.1) is 5.69 Å². The topological polar surface area (TPSA) is 54.5 Å². The van der Waals surface area contributed by atoms with E-state index in [0.717, 1.165) is 31.9 Å². The number of likely N-dealkylation sites (tertiary alicyclic amines) is 1. The van der Waals surface area contributed by atoms with Gasteiger partial charge in [-0.15, -0.1) is 0 Å². The van der Waals surface area contributed by atoms with E-state index in [2.05, 4.69) is 10.3 Å². The van der Waals surface area contributed by atoms with Crippen LogP contribution in [0.1, 0.15) is 26.5 Å². The molecule has 1 N–H and O–H groups in total. The number of hydrogen-bond donors (Lipinski definition) is 1. The summed E-state index contributed by atoms with van der Waals surface area (Å²) >= 11 is 0. The number of carbonyl (C=O) groups excluding carboxylic acids is 1. The number of nitrogens with zero attached hydrogens (tertiary/aromatic N) is 2. The molecule has 0 aliphatic carbocycles. The lowest BCUT2D eigenvalue weighted by Crippen LogP contribution is -2.54. The van der Waals surface area contributed by atoms with Gasteiger partial charge in [-0.25, -0.2) is 4.79 Å². The normalized spacial score (nSPS) is 15.8. The van der Waals surface area contributed by atoms with Crippen molar-refractivity contribution in [3.8, 4) is 0 Å². The van der Waals surface area contributed by atoms with Crippen molar-refractivity contribution in [2.24, 2.45) is 5.92 Å². The number of carbonyl (C=O) groups is 1. The van der Waals surface area contributed by atoms with Gasteiger partial charge in [-0.3, -0.25) is 4.98 Å². The van der Waals surface area contributed by atoms with Gasteiger partial charge in [0.15, 0.2) is 0 Å². The van der Waals surface area contributed by atoms with Gasteiger partial charge in [0.2, 0.25) is 0 Å². The molecule has 0 spiro atoms. The average molecular weight is 277 g/mol. The Morgan fingerprint density at radius 3 is 2.80 bits per heavy atom. The van der Waals surface area contributed by atoms with Crippen molar-refractivity contribution >= 4 is 6.09 Å². The molecule has 1 amide bonds. The van der Waals surface area contributed by atoms with E-state index in [4.69, 9.17) is 4.74 Å². The van der Waals surface area contributed by atoms with Crippen molar-refractivity contribution in [2.75, 3.05) is 19.6 Å². The lowest BCUT2D eigenvalue weighted by atomic mass is 10.0. The predicted molar refractivity (Wildman–Crippen MR) is 77.2 cm³/mol. The first kappa shape index (κ1) is 14.8. The molecule has 2 heterocycles. The molecule has 1 aliphatic rings. The zero-order chi connectivity index (χ0) is 14.6. The summed E-state index contributed by atoms with van der Waals surface area (Å²) in [7, 11) is 0. The molecule has 1 fully saturated rings. The van der Waals surface area contributed by atoms with Crippen LogP contribution in [0.15, 0.2) is 24.4 Å². The maximum absolute atomic E-state index is 11.8. The molecule has 0 bridgehead atoms. The fraction of sp³-hybridized carbons (Fsp3) is 0.600. The molecular formula is C15H23N3O2. The number of pyridine rings is 1. The Morgan fingerprint density at radius 1 is 1.45 bits per heavy atom. The SMILES string of the molecule is CC(C)(C)OC(=O)N1CC(CNCc2ccccn2)C1. The zero-order valence-corrected chi connectivity index (χ0v) is 12.4. The molecule has 1 saturated heterocycles. The highest BCUT2D eigenvalue weighted by Gasteiger charge is 2.33. The first-order valence-corrected chi connectivity index (χ1v) is 7.02. The molecule has 0 atom stereocenters. The van der Waals surface area contributed by atoms with Crippen LogP contribution in [0.5, 0.6) is 0 Å². The summed E-state index contributed by atoms with van der Waals surface area (Å²) in [4.78, 5) is 17.8. The fourth-order valence-electron chi connectivity index (χ4n) is 2.08. The van der Waals surface area contributed by atoms with Crippen molar-refractivity contribution in [1.82, 2.24) is 15.2 Å². The second-order valence-electron chi connectivity index (χ2n) is 6.20. The summed E-state index contributed by atoms with van der Waals surface area (Å²) in [5.41, 5.74) is 0.621. The highest BCUT2D eigenvalue weighted by molar-refractivity contribution is 5.69. The van der Waals surface area contributed by atoms with Crippen LogP contribution >= 0.6 is 0 Å². The Bertz CT molecular complexity index is 436. The summed E-state index contributed by atoms with van der Waals surface area (Å²) < 4.78 is 5.32. The van der Waals surface area contributed by atoms with Gasteiger partial charge in [-0.05, 0) is 32.9 Å². The van der Waals surface area contributed by atoms with Crippen LogP contribution in [-0.2, 0) is 11.3 Å². The molecule has 110 valence electrons. The third-order valence-electron chi connectivity index (χ3n) is 3.07. The summed E-state index contributed by atoms with van der Waals surface area (Å²) in [6.07, 6.45) is 1.59. The molecule has 20 heavy (non-hydrogen) atoms. The summed E-state index contributed by atoms with van der Waals surface area (Å²) in [5.74, 6) is 0.506. The molecule has 5 heteroatoms. The van der Waals surface area contributed by atoms with Crippen molar-refractivity contribution < 1.29 is 9.53 Å². The predicted octanol–water partition coefficient (Wildman–Crippen LogP) is 2.04. The van der Waals surface area contributed by atoms with Gasteiger partial charge >= 0.3 is 6.09 Å². The lowest BCUT2D eigenvalue weighted by Gasteiger charge is -2.39. The Hall–Kier alpha value is -1.62. The van der Waals surface area contributed by atoms with Crippen LogP contribution in [0.4, 0.5) is 4.79 Å². The van der Waals surface area contributed by atoms with Crippen LogP contribution in [0.2, 0.25) is 0 Å². The largest absolute Gasteiger partial charge is 0.444 e. The van der Waals surface area contributed by atoms with E-state index < -0.39 is 5.60 Å². The van der Waals surface area contributed by atoms with Crippen molar-refractivity contribution in [3.63, 3.8) is 0 Å². The van der Waals surface area contributed by atoms with Crippen LogP contribution in [0.25, 0.3) is 0 Å². The van der Waals surface area contributed by atoms with E-state index in [1.807, 2.05) is 39.0 Å². The average Bonchev–Trinajstić information content (AvgIpc) is 2.31. The Labute approximate surface area is 120 Å². The van der Waals surface area contributed by atoms with Gasteiger partial charge in [-0.2, -0.15) is 0 Å². The first-order valence-electron chi connectivity index (χ1n) is 7.02. The van der Waals surface area contributed by atoms with E-state index in [1.54, 1.807) is 11.1 Å². The van der Waals surface area contributed by atoms with Crippen LogP contribution in [0.3, 0.4) is 0 Å². The van der Waals surface area contributed by atoms with E-state index >= 15 is 0 Å². The molecule has 0 radical (unpaired) electrons. The highest BCUT2D eigenvalue weighted by Crippen LogP contribution is 2.18. The third-order valence-corrected chi connectivity index (χ3v) is 3.07. The van der Waals surface area contributed by atoms with Crippen molar-refractivity contribution in [2.45, 2.75) is 32.9 Å². The van der Waals surface area contributed by atoms with Gasteiger partial charge in [-0.1, -0.05) is 6.07 Å². The summed E-state index contributed by atoms with van der Waals surface area (Å²) in [5, 5.41) is 3.37. The van der Waals surface area contributed by atoms with Crippen LogP contribution < -0.4 is 5.32 Å². The minimum atomic E-state index is -0.417. The number of nitrogens with one attached hydrogen (secondary N) is 1. The maximum atomic E-state index is 11.8. The fourth-order valence-corrected chi connectivity index (χ4v) is 2.08. The number of rotatable bonds is 4. The zero-order valence-electron chi connectivity index (χ0n) is 12.4. The molecule has 1 aromatic rings. The van der Waals surface area contributed by atoms with Crippen molar-refractivity contribution in [3.05, 3.63) is 30.1 Å². The van der Waals surface area contributed by atoms with Gasteiger partial charge < -0.3 is 15.0 Å². The Kier molecular flexibility index (Phi) is 4.60. The van der Waals surface area contributed by atoms with Gasteiger partial charge in [0, 0.05) is 38.3 Å². The van der Waals surface area contributed by atoms with E-state index in [9.17, 15) is 4.79 Å². The number of hydrogen-bond acceptors (Lipinski definition) is 4. The molecular weight excluding hydrogens is 254 g/mol. The van der Waals surface area contributed by atoms with E-state index in [-0.39, 0.29) is 6.09 Å². The minimum absolute atomic E-state index is 0.210. The minimum Gasteiger partial charge on any atom is -0.444 e. The van der Waals surface area contributed by atoms with Crippen LogP contribution in [-0.4, -0.2) is 41.2 Å². The number of ether oxygens (including phenoxy) is 1. The molecule has 1 aliphatic heterocycles. The molecule has 2 rings (SSSR count). The molecule has 0 aromatic carbocycles. The van der Waals surface area contributed by atoms with Gasteiger partial charge in [0.25, 0.3) is 0 Å². The van der Waals surface area contributed by atoms with Crippen molar-refractivity contribution in [1.29, 1.82) is 0 Å². The smallest absolute Gasteiger partial charge is 0.410 e. The second kappa shape index (κ2) is 6.22. The summed E-state index contributed by atoms with van der Waals surface area (Å²) in [6, 6.07) is 5.90. The lowest BCUT2D eigenvalue weighted by molar-refractivity contribution is -0.000808. The number of amides is 1. The monoisotopic (exact) mass is 277 g/mol. The Morgan fingerprint density at radius 2 is 2.20 bits per heavy atom. The standard InChI is InChI=1S/C15H23N3O2/c1-15(2,3)20-14(19)18-10-12(11-18)8-16-9-13-6-4-5-7-17-13/h4-7,12,16H,8-11H2,1-3H3. The molecule has 1 aromatic heterocycles. The molecule has 0 unspecified atom stereocenters. The number of aromatic nitrogens is 1. The maximum Gasteiger partial charge on any atom is 0.410 e. The first-order chi connectivity index (χ1) is 9.44. The highest BCUT2D eigenvalue weighted by atomic mass is 16.6. The van der Waals surface area contributed by atoms with E-state index in [1.165, 1.54) is 0 Å². The quantitative estimate of drug-likeness (QED) is 0.915. The van der Waals surface area contributed by atoms with Crippen LogP contribution in [0, 0.1) is 5.92 Å². The third kappa shape index (κ3) is 4.49. The Balaban J connectivity index is 1.61.